The number of carbonyl (C=O) groups excluding carboxylic acids is 1. The van der Waals surface area contributed by atoms with Gasteiger partial charge in [0.25, 0.3) is 0 Å². The van der Waals surface area contributed by atoms with Crippen molar-refractivity contribution >= 4 is 28.3 Å². The average Bonchev–Trinajstić information content (AvgIpc) is 3.25. The van der Waals surface area contributed by atoms with Gasteiger partial charge in [0.05, 0.1) is 5.69 Å². The molecule has 7 heteroatoms. The van der Waals surface area contributed by atoms with Gasteiger partial charge in [-0.05, 0) is 18.6 Å². The van der Waals surface area contributed by atoms with Crippen molar-refractivity contribution in [3.8, 4) is 11.4 Å². The fourth-order valence-electron chi connectivity index (χ4n) is 2.86. The summed E-state index contributed by atoms with van der Waals surface area (Å²) in [6.07, 6.45) is 0.591. The third-order valence-electron chi connectivity index (χ3n) is 4.10. The zero-order valence-electron chi connectivity index (χ0n) is 13.2. The third-order valence-corrected chi connectivity index (χ3v) is 4.75. The van der Waals surface area contributed by atoms with Gasteiger partial charge in [0.1, 0.15) is 11.9 Å². The highest BCUT2D eigenvalue weighted by Crippen LogP contribution is 2.27. The smallest absolute Gasteiger partial charge is 0.249 e. The SMILES string of the molecule is O=C1C(Nc2nc(-c3ccccc3)ns2)CCN1c1ccccc1F. The summed E-state index contributed by atoms with van der Waals surface area (Å²) < 4.78 is 18.3. The van der Waals surface area contributed by atoms with E-state index in [1.165, 1.54) is 22.5 Å². The molecule has 0 saturated carbocycles. The van der Waals surface area contributed by atoms with Crippen LogP contribution in [0.5, 0.6) is 0 Å². The molecule has 2 heterocycles. The molecule has 0 spiro atoms. The minimum absolute atomic E-state index is 0.151. The normalized spacial score (nSPS) is 17.1. The minimum Gasteiger partial charge on any atom is -0.348 e. The van der Waals surface area contributed by atoms with Gasteiger partial charge in [-0.2, -0.15) is 9.36 Å². The molecule has 1 saturated heterocycles. The first-order valence-electron chi connectivity index (χ1n) is 7.94. The highest BCUT2D eigenvalue weighted by atomic mass is 32.1. The predicted molar refractivity (Wildman–Crippen MR) is 96.1 cm³/mol. The maximum atomic E-state index is 13.9. The van der Waals surface area contributed by atoms with E-state index >= 15 is 0 Å². The second-order valence-electron chi connectivity index (χ2n) is 5.72. The number of para-hydroxylation sites is 1. The van der Waals surface area contributed by atoms with Gasteiger partial charge in [0.15, 0.2) is 5.82 Å². The van der Waals surface area contributed by atoms with E-state index in [1.54, 1.807) is 18.2 Å². The lowest BCUT2D eigenvalue weighted by atomic mass is 10.2. The second kappa shape index (κ2) is 6.60. The monoisotopic (exact) mass is 354 g/mol. The molecule has 0 aliphatic carbocycles. The summed E-state index contributed by atoms with van der Waals surface area (Å²) >= 11 is 1.22. The van der Waals surface area contributed by atoms with Crippen molar-refractivity contribution in [3.63, 3.8) is 0 Å². The molecule has 25 heavy (non-hydrogen) atoms. The summed E-state index contributed by atoms with van der Waals surface area (Å²) in [4.78, 5) is 18.5. The van der Waals surface area contributed by atoms with Crippen molar-refractivity contribution in [1.29, 1.82) is 0 Å². The zero-order chi connectivity index (χ0) is 17.2. The molecule has 0 radical (unpaired) electrons. The highest BCUT2D eigenvalue weighted by molar-refractivity contribution is 7.09. The number of benzene rings is 2. The Morgan fingerprint density at radius 1 is 1.12 bits per heavy atom. The Kier molecular flexibility index (Phi) is 4.15. The molecule has 0 bridgehead atoms. The number of carbonyl (C=O) groups is 1. The molecule has 1 fully saturated rings. The van der Waals surface area contributed by atoms with E-state index in [-0.39, 0.29) is 5.91 Å². The Morgan fingerprint density at radius 2 is 1.88 bits per heavy atom. The average molecular weight is 354 g/mol. The van der Waals surface area contributed by atoms with Crippen LogP contribution in [-0.2, 0) is 4.79 Å². The number of rotatable bonds is 4. The molecule has 3 aromatic rings. The molecule has 1 N–H and O–H groups in total. The summed E-state index contributed by atoms with van der Waals surface area (Å²) in [6.45, 7) is 0.474. The Hall–Kier alpha value is -2.80. The quantitative estimate of drug-likeness (QED) is 0.778. The Balaban J connectivity index is 1.48. The number of halogens is 1. The fraction of sp³-hybridized carbons (Fsp3) is 0.167. The minimum atomic E-state index is -0.420. The number of hydrogen-bond donors (Lipinski definition) is 1. The first-order chi connectivity index (χ1) is 12.2. The van der Waals surface area contributed by atoms with Gasteiger partial charge in [-0.1, -0.05) is 42.5 Å². The van der Waals surface area contributed by atoms with Crippen LogP contribution in [0.15, 0.2) is 54.6 Å². The van der Waals surface area contributed by atoms with Crippen LogP contribution in [-0.4, -0.2) is 27.9 Å². The van der Waals surface area contributed by atoms with Gasteiger partial charge >= 0.3 is 0 Å². The summed E-state index contributed by atoms with van der Waals surface area (Å²) in [7, 11) is 0. The van der Waals surface area contributed by atoms with Crippen LogP contribution in [0.25, 0.3) is 11.4 Å². The molecule has 1 unspecified atom stereocenters. The summed E-state index contributed by atoms with van der Waals surface area (Å²) in [5, 5.41) is 3.72. The molecule has 1 aliphatic rings. The number of nitrogens with zero attached hydrogens (tertiary/aromatic N) is 3. The molecular weight excluding hydrogens is 339 g/mol. The van der Waals surface area contributed by atoms with E-state index in [0.29, 0.717) is 29.6 Å². The van der Waals surface area contributed by atoms with Crippen molar-refractivity contribution in [1.82, 2.24) is 9.36 Å². The van der Waals surface area contributed by atoms with E-state index in [0.717, 1.165) is 5.56 Å². The molecule has 2 aromatic carbocycles. The fourth-order valence-corrected chi connectivity index (χ4v) is 3.50. The number of aromatic nitrogens is 2. The lowest BCUT2D eigenvalue weighted by Gasteiger charge is -2.17. The van der Waals surface area contributed by atoms with Crippen LogP contribution in [0, 0.1) is 5.82 Å². The largest absolute Gasteiger partial charge is 0.348 e. The molecule has 1 amide bonds. The van der Waals surface area contributed by atoms with Gasteiger partial charge in [0, 0.05) is 23.6 Å². The maximum absolute atomic E-state index is 13.9. The predicted octanol–water partition coefficient (Wildman–Crippen LogP) is 3.56. The van der Waals surface area contributed by atoms with Gasteiger partial charge in [0.2, 0.25) is 11.0 Å². The Bertz CT molecular complexity index is 899. The van der Waals surface area contributed by atoms with E-state index in [2.05, 4.69) is 14.7 Å². The van der Waals surface area contributed by atoms with Crippen molar-refractivity contribution in [3.05, 3.63) is 60.4 Å². The van der Waals surface area contributed by atoms with Gasteiger partial charge in [-0.15, -0.1) is 0 Å². The van der Waals surface area contributed by atoms with Crippen molar-refractivity contribution in [2.24, 2.45) is 0 Å². The summed E-state index contributed by atoms with van der Waals surface area (Å²) in [5.74, 6) is 0.0878. The Labute approximate surface area is 148 Å². The molecular formula is C18H15FN4OS. The van der Waals surface area contributed by atoms with Crippen LogP contribution >= 0.6 is 11.5 Å². The standard InChI is InChI=1S/C18H15FN4OS/c19-13-8-4-5-9-15(13)23-11-10-14(17(23)24)20-18-21-16(22-25-18)12-6-2-1-3-7-12/h1-9,14H,10-11H2,(H,20,21,22). The maximum Gasteiger partial charge on any atom is 0.249 e. The van der Waals surface area contributed by atoms with E-state index < -0.39 is 11.9 Å². The highest BCUT2D eigenvalue weighted by Gasteiger charge is 2.34. The van der Waals surface area contributed by atoms with Gasteiger partial charge in [-0.3, -0.25) is 4.79 Å². The number of nitrogens with one attached hydrogen (secondary N) is 1. The van der Waals surface area contributed by atoms with E-state index in [9.17, 15) is 9.18 Å². The van der Waals surface area contributed by atoms with Crippen molar-refractivity contribution < 1.29 is 9.18 Å². The first-order valence-corrected chi connectivity index (χ1v) is 8.71. The molecule has 1 aliphatic heterocycles. The van der Waals surface area contributed by atoms with Crippen LogP contribution < -0.4 is 10.2 Å². The summed E-state index contributed by atoms with van der Waals surface area (Å²) in [6, 6.07) is 15.6. The topological polar surface area (TPSA) is 58.1 Å². The number of hydrogen-bond acceptors (Lipinski definition) is 5. The lowest BCUT2D eigenvalue weighted by molar-refractivity contribution is -0.117. The Morgan fingerprint density at radius 3 is 2.68 bits per heavy atom. The van der Waals surface area contributed by atoms with Crippen LogP contribution in [0.2, 0.25) is 0 Å². The molecule has 1 aromatic heterocycles. The molecule has 1 atom stereocenters. The lowest BCUT2D eigenvalue weighted by Crippen LogP contribution is -2.33. The van der Waals surface area contributed by atoms with Gasteiger partial charge < -0.3 is 10.2 Å². The van der Waals surface area contributed by atoms with Gasteiger partial charge in [-0.25, -0.2) is 4.39 Å². The molecule has 4 rings (SSSR count). The van der Waals surface area contributed by atoms with E-state index in [1.807, 2.05) is 30.3 Å². The second-order valence-corrected chi connectivity index (χ2v) is 6.47. The zero-order valence-corrected chi connectivity index (χ0v) is 14.0. The number of anilines is 2. The van der Waals surface area contributed by atoms with E-state index in [4.69, 9.17) is 0 Å². The van der Waals surface area contributed by atoms with Crippen LogP contribution in [0.3, 0.4) is 0 Å². The van der Waals surface area contributed by atoms with Crippen LogP contribution in [0.1, 0.15) is 6.42 Å². The van der Waals surface area contributed by atoms with Crippen molar-refractivity contribution in [2.45, 2.75) is 12.5 Å². The summed E-state index contributed by atoms with van der Waals surface area (Å²) in [5.41, 5.74) is 1.25. The molecule has 126 valence electrons. The van der Waals surface area contributed by atoms with Crippen molar-refractivity contribution in [2.75, 3.05) is 16.8 Å². The molecule has 5 nitrogen and oxygen atoms in total. The number of amides is 1. The van der Waals surface area contributed by atoms with Crippen LogP contribution in [0.4, 0.5) is 15.2 Å². The first kappa shape index (κ1) is 15.7. The third kappa shape index (κ3) is 3.10.